The fraction of sp³-hybridized carbons (Fsp3) is 0.619. The third kappa shape index (κ3) is 6.12. The number of carbonyl (C=O) groups is 2. The summed E-state index contributed by atoms with van der Waals surface area (Å²) in [4.78, 5) is 24.2. The molecule has 1 aliphatic carbocycles. The monoisotopic (exact) mass is 393 g/mol. The van der Waals surface area contributed by atoms with E-state index in [0.717, 1.165) is 25.7 Å². The van der Waals surface area contributed by atoms with E-state index in [1.165, 1.54) is 13.5 Å². The van der Waals surface area contributed by atoms with Gasteiger partial charge in [-0.2, -0.15) is 0 Å². The average Bonchev–Trinajstić information content (AvgIpc) is 2.71. The summed E-state index contributed by atoms with van der Waals surface area (Å²) in [7, 11) is 3.04. The molecule has 1 aromatic carbocycles. The van der Waals surface area contributed by atoms with Gasteiger partial charge in [-0.3, -0.25) is 9.59 Å². The lowest BCUT2D eigenvalue weighted by atomic mass is 9.97. The van der Waals surface area contributed by atoms with Gasteiger partial charge in [0.25, 0.3) is 0 Å². The topological polar surface area (TPSA) is 94.1 Å². The number of nitrogens with one attached hydrogen (secondary N) is 1. The van der Waals surface area contributed by atoms with E-state index in [1.807, 2.05) is 6.92 Å². The second-order valence-electron chi connectivity index (χ2n) is 7.06. The maximum atomic E-state index is 12.8. The molecule has 1 fully saturated rings. The van der Waals surface area contributed by atoms with Gasteiger partial charge in [0.2, 0.25) is 5.91 Å². The largest absolute Gasteiger partial charge is 0.497 e. The standard InChI is InChI=1S/C21H31NO6/c1-4-18(28-14-8-6-5-7-9-14)21(25)22-17(13-20(23)24)16-11-10-15(26-2)12-19(16)27-3/h10-12,14,17-18H,4-9,13H2,1-3H3,(H,22,25)(H,23,24). The minimum absolute atomic E-state index is 0.0953. The highest BCUT2D eigenvalue weighted by Gasteiger charge is 2.28. The number of rotatable bonds is 10. The summed E-state index contributed by atoms with van der Waals surface area (Å²) in [6.07, 6.45) is 5.16. The first-order chi connectivity index (χ1) is 13.5. The van der Waals surface area contributed by atoms with E-state index in [9.17, 15) is 14.7 Å². The molecule has 0 spiro atoms. The third-order valence-corrected chi connectivity index (χ3v) is 5.08. The highest BCUT2D eigenvalue weighted by atomic mass is 16.5. The molecule has 156 valence electrons. The number of methoxy groups -OCH3 is 2. The molecule has 28 heavy (non-hydrogen) atoms. The molecular weight excluding hydrogens is 362 g/mol. The van der Waals surface area contributed by atoms with E-state index in [2.05, 4.69) is 5.32 Å². The number of ether oxygens (including phenoxy) is 3. The van der Waals surface area contributed by atoms with Crippen molar-refractivity contribution in [3.05, 3.63) is 23.8 Å². The minimum atomic E-state index is -1.01. The number of benzene rings is 1. The van der Waals surface area contributed by atoms with Crippen LogP contribution in [-0.4, -0.2) is 43.4 Å². The Hall–Kier alpha value is -2.28. The van der Waals surface area contributed by atoms with Gasteiger partial charge in [-0.1, -0.05) is 26.2 Å². The lowest BCUT2D eigenvalue weighted by Crippen LogP contribution is -2.41. The Balaban J connectivity index is 2.16. The average molecular weight is 393 g/mol. The molecule has 0 heterocycles. The highest BCUT2D eigenvalue weighted by Crippen LogP contribution is 2.31. The van der Waals surface area contributed by atoms with Gasteiger partial charge in [0.1, 0.15) is 17.6 Å². The van der Waals surface area contributed by atoms with Crippen molar-refractivity contribution in [1.82, 2.24) is 5.32 Å². The van der Waals surface area contributed by atoms with Crippen LogP contribution in [0.15, 0.2) is 18.2 Å². The van der Waals surface area contributed by atoms with Crippen LogP contribution in [0, 0.1) is 0 Å². The smallest absolute Gasteiger partial charge is 0.305 e. The van der Waals surface area contributed by atoms with Crippen molar-refractivity contribution in [2.45, 2.75) is 70.1 Å². The van der Waals surface area contributed by atoms with Gasteiger partial charge in [-0.05, 0) is 31.4 Å². The molecule has 2 unspecified atom stereocenters. The number of carboxylic acid groups (broad SMARTS) is 1. The van der Waals surface area contributed by atoms with Crippen LogP contribution in [0.1, 0.15) is 63.5 Å². The Bertz CT molecular complexity index is 656. The van der Waals surface area contributed by atoms with E-state index in [4.69, 9.17) is 14.2 Å². The van der Waals surface area contributed by atoms with E-state index < -0.39 is 18.1 Å². The van der Waals surface area contributed by atoms with E-state index in [1.54, 1.807) is 25.3 Å². The molecule has 0 aliphatic heterocycles. The maximum absolute atomic E-state index is 12.8. The Morgan fingerprint density at radius 3 is 2.46 bits per heavy atom. The molecule has 2 rings (SSSR count). The fourth-order valence-corrected chi connectivity index (χ4v) is 3.56. The number of amides is 1. The van der Waals surface area contributed by atoms with Crippen LogP contribution in [0.5, 0.6) is 11.5 Å². The van der Waals surface area contributed by atoms with E-state index in [-0.39, 0.29) is 18.4 Å². The second-order valence-corrected chi connectivity index (χ2v) is 7.06. The maximum Gasteiger partial charge on any atom is 0.305 e. The van der Waals surface area contributed by atoms with Crippen molar-refractivity contribution in [1.29, 1.82) is 0 Å². The predicted octanol–water partition coefficient (Wildman–Crippen LogP) is 3.46. The van der Waals surface area contributed by atoms with Crippen LogP contribution in [0.25, 0.3) is 0 Å². The fourth-order valence-electron chi connectivity index (χ4n) is 3.56. The Kier molecular flexibility index (Phi) is 8.57. The van der Waals surface area contributed by atoms with Gasteiger partial charge in [-0.15, -0.1) is 0 Å². The SMILES string of the molecule is CCC(OC1CCCCC1)C(=O)NC(CC(=O)O)c1ccc(OC)cc1OC. The van der Waals surface area contributed by atoms with Crippen LogP contribution in [0.4, 0.5) is 0 Å². The predicted molar refractivity (Wildman–Crippen MR) is 105 cm³/mol. The zero-order valence-electron chi connectivity index (χ0n) is 16.9. The van der Waals surface area contributed by atoms with Gasteiger partial charge < -0.3 is 24.6 Å². The Labute approximate surface area is 166 Å². The lowest BCUT2D eigenvalue weighted by Gasteiger charge is -2.28. The summed E-state index contributed by atoms with van der Waals surface area (Å²) in [5.74, 6) is -0.248. The number of hydrogen-bond acceptors (Lipinski definition) is 5. The molecule has 1 aromatic rings. The summed E-state index contributed by atoms with van der Waals surface area (Å²) in [6, 6.07) is 4.38. The summed E-state index contributed by atoms with van der Waals surface area (Å²) in [5.41, 5.74) is 0.589. The first-order valence-electron chi connectivity index (χ1n) is 9.88. The lowest BCUT2D eigenvalue weighted by molar-refractivity contribution is -0.141. The van der Waals surface area contributed by atoms with Gasteiger partial charge in [-0.25, -0.2) is 0 Å². The molecule has 0 aromatic heterocycles. The van der Waals surface area contributed by atoms with Crippen molar-refractivity contribution >= 4 is 11.9 Å². The molecule has 2 N–H and O–H groups in total. The summed E-state index contributed by atoms with van der Waals surface area (Å²) in [6.45, 7) is 1.90. The van der Waals surface area contributed by atoms with Crippen LogP contribution in [0.2, 0.25) is 0 Å². The normalized spacial score (nSPS) is 16.8. The van der Waals surface area contributed by atoms with Gasteiger partial charge in [0.15, 0.2) is 0 Å². The van der Waals surface area contributed by atoms with Crippen molar-refractivity contribution in [2.75, 3.05) is 14.2 Å². The molecule has 2 atom stereocenters. The molecule has 7 heteroatoms. The number of aliphatic carboxylic acids is 1. The Morgan fingerprint density at radius 2 is 1.89 bits per heavy atom. The number of carbonyl (C=O) groups excluding carboxylic acids is 1. The molecule has 1 amide bonds. The van der Waals surface area contributed by atoms with Crippen molar-refractivity contribution in [3.8, 4) is 11.5 Å². The summed E-state index contributed by atoms with van der Waals surface area (Å²) in [5, 5.41) is 12.2. The quantitative estimate of drug-likeness (QED) is 0.632. The molecule has 0 radical (unpaired) electrons. The minimum Gasteiger partial charge on any atom is -0.497 e. The van der Waals surface area contributed by atoms with Crippen LogP contribution >= 0.6 is 0 Å². The Morgan fingerprint density at radius 1 is 1.18 bits per heavy atom. The summed E-state index contributed by atoms with van der Waals surface area (Å²) >= 11 is 0. The second kappa shape index (κ2) is 10.9. The van der Waals surface area contributed by atoms with Gasteiger partial charge in [0.05, 0.1) is 32.8 Å². The summed E-state index contributed by atoms with van der Waals surface area (Å²) < 4.78 is 16.6. The van der Waals surface area contributed by atoms with Crippen LogP contribution in [-0.2, 0) is 14.3 Å². The van der Waals surface area contributed by atoms with Crippen LogP contribution in [0.3, 0.4) is 0 Å². The molecular formula is C21H31NO6. The van der Waals surface area contributed by atoms with Crippen molar-refractivity contribution in [3.63, 3.8) is 0 Å². The number of carboxylic acids is 1. The zero-order valence-corrected chi connectivity index (χ0v) is 16.9. The van der Waals surface area contributed by atoms with Gasteiger partial charge >= 0.3 is 5.97 Å². The molecule has 0 bridgehead atoms. The molecule has 0 saturated heterocycles. The zero-order chi connectivity index (χ0) is 20.5. The van der Waals surface area contributed by atoms with Crippen molar-refractivity contribution in [2.24, 2.45) is 0 Å². The van der Waals surface area contributed by atoms with E-state index in [0.29, 0.717) is 23.5 Å². The first-order valence-corrected chi connectivity index (χ1v) is 9.88. The van der Waals surface area contributed by atoms with Crippen LogP contribution < -0.4 is 14.8 Å². The number of hydrogen-bond donors (Lipinski definition) is 2. The highest BCUT2D eigenvalue weighted by molar-refractivity contribution is 5.82. The third-order valence-electron chi connectivity index (χ3n) is 5.08. The van der Waals surface area contributed by atoms with Crippen molar-refractivity contribution < 1.29 is 28.9 Å². The van der Waals surface area contributed by atoms with E-state index >= 15 is 0 Å². The molecule has 1 aliphatic rings. The molecule has 7 nitrogen and oxygen atoms in total. The first kappa shape index (κ1) is 22.0. The van der Waals surface area contributed by atoms with Gasteiger partial charge in [0, 0.05) is 11.6 Å². The molecule has 1 saturated carbocycles.